The smallest absolute Gasteiger partial charge is 0.268 e. The van der Waals surface area contributed by atoms with Crippen molar-refractivity contribution in [3.05, 3.63) is 36.5 Å². The number of carbonyl (C=O) groups is 1. The number of hydrogen-bond acceptors (Lipinski definition) is 6. The van der Waals surface area contributed by atoms with Crippen molar-refractivity contribution in [1.29, 1.82) is 0 Å². The monoisotopic (exact) mass is 979 g/mol. The second-order valence-electron chi connectivity index (χ2n) is 21.3. The summed E-state index contributed by atoms with van der Waals surface area (Å²) in [5, 5.41) is 13.8. The van der Waals surface area contributed by atoms with E-state index in [1.807, 2.05) is 27.2 Å². The average molecular weight is 980 g/mol. The maximum Gasteiger partial charge on any atom is 0.268 e. The van der Waals surface area contributed by atoms with Crippen molar-refractivity contribution in [2.24, 2.45) is 0 Å². The molecule has 0 bridgehead atoms. The molecule has 0 aromatic carbocycles. The van der Waals surface area contributed by atoms with Crippen LogP contribution in [0.1, 0.15) is 284 Å². The Morgan fingerprint density at radius 3 is 1.19 bits per heavy atom. The molecule has 2 N–H and O–H groups in total. The molecule has 68 heavy (non-hydrogen) atoms. The highest BCUT2D eigenvalue weighted by Crippen LogP contribution is 2.38. The van der Waals surface area contributed by atoms with Gasteiger partial charge in [0.15, 0.2) is 0 Å². The van der Waals surface area contributed by atoms with Gasteiger partial charge in [0, 0.05) is 6.42 Å². The van der Waals surface area contributed by atoms with Gasteiger partial charge in [0.2, 0.25) is 5.91 Å². The van der Waals surface area contributed by atoms with E-state index in [9.17, 15) is 19.4 Å². The minimum Gasteiger partial charge on any atom is -0.756 e. The largest absolute Gasteiger partial charge is 0.756 e. The number of phosphoric acid groups is 1. The van der Waals surface area contributed by atoms with Crippen molar-refractivity contribution >= 4 is 13.7 Å². The van der Waals surface area contributed by atoms with Gasteiger partial charge in [-0.05, 0) is 57.8 Å². The lowest BCUT2D eigenvalue weighted by Gasteiger charge is -2.29. The molecule has 0 radical (unpaired) electrons. The molecule has 9 heteroatoms. The summed E-state index contributed by atoms with van der Waals surface area (Å²) >= 11 is 0. The third-order valence-corrected chi connectivity index (χ3v) is 14.3. The quantitative estimate of drug-likeness (QED) is 0.0272. The Morgan fingerprint density at radius 2 is 0.824 bits per heavy atom. The van der Waals surface area contributed by atoms with E-state index in [-0.39, 0.29) is 12.5 Å². The van der Waals surface area contributed by atoms with Crippen molar-refractivity contribution in [3.8, 4) is 0 Å². The second kappa shape index (κ2) is 50.7. The van der Waals surface area contributed by atoms with Crippen LogP contribution in [0.25, 0.3) is 0 Å². The maximum absolute atomic E-state index is 12.9. The van der Waals surface area contributed by atoms with Crippen LogP contribution in [0, 0.1) is 0 Å². The van der Waals surface area contributed by atoms with Crippen LogP contribution in [0.5, 0.6) is 0 Å². The standard InChI is InChI=1S/C59H115N2O6P/c1-6-8-10-12-14-16-18-20-21-22-23-24-25-26-27-28-29-30-31-32-33-34-35-36-37-38-39-41-43-45-47-49-51-53-59(63)60-57(56-67-68(64,65)66-55-54-61(3,4)5)58(62)52-50-48-46-44-42-40-19-17-15-13-11-9-7-2/h26-27,42,44,50,52,57-58,62H,6-25,28-41,43,45-49,51,53-56H2,1-5H3,(H-,60,63,64,65)/b27-26-,44-42+,52-50+. The van der Waals surface area contributed by atoms with Crippen LogP contribution < -0.4 is 10.2 Å². The second-order valence-corrected chi connectivity index (χ2v) is 22.8. The number of allylic oxidation sites excluding steroid dienone is 5. The highest BCUT2D eigenvalue weighted by Gasteiger charge is 2.23. The number of hydrogen-bond donors (Lipinski definition) is 2. The Bertz CT molecular complexity index is 1200. The zero-order valence-corrected chi connectivity index (χ0v) is 46.7. The zero-order chi connectivity index (χ0) is 49.9. The van der Waals surface area contributed by atoms with E-state index in [0.29, 0.717) is 17.4 Å². The summed E-state index contributed by atoms with van der Waals surface area (Å²) in [5.41, 5.74) is 0. The minimum atomic E-state index is -4.60. The molecule has 8 nitrogen and oxygen atoms in total. The van der Waals surface area contributed by atoms with Gasteiger partial charge in [0.25, 0.3) is 7.82 Å². The highest BCUT2D eigenvalue weighted by atomic mass is 31.2. The fourth-order valence-corrected chi connectivity index (χ4v) is 9.42. The van der Waals surface area contributed by atoms with E-state index in [0.717, 1.165) is 38.5 Å². The fraction of sp³-hybridized carbons (Fsp3) is 0.881. The highest BCUT2D eigenvalue weighted by molar-refractivity contribution is 7.45. The number of likely N-dealkylation sites (N-methyl/N-ethyl adjacent to an activating group) is 1. The number of nitrogens with zero attached hydrogens (tertiary/aromatic N) is 1. The molecule has 0 heterocycles. The third-order valence-electron chi connectivity index (χ3n) is 13.3. The molecule has 0 rings (SSSR count). The van der Waals surface area contributed by atoms with Gasteiger partial charge in [-0.25, -0.2) is 0 Å². The summed E-state index contributed by atoms with van der Waals surface area (Å²) in [6.45, 7) is 4.64. The average Bonchev–Trinajstić information content (AvgIpc) is 3.30. The van der Waals surface area contributed by atoms with Crippen LogP contribution in [-0.2, 0) is 18.4 Å². The van der Waals surface area contributed by atoms with Gasteiger partial charge in [0.05, 0.1) is 39.9 Å². The molecule has 0 fully saturated rings. The first-order chi connectivity index (χ1) is 33.0. The molecule has 1 amide bonds. The number of aliphatic hydroxyl groups excluding tert-OH is 1. The van der Waals surface area contributed by atoms with Crippen LogP contribution in [-0.4, -0.2) is 68.5 Å². The SMILES string of the molecule is CCCCCCCCC/C=C/CC/C=C/C(O)C(COP(=O)([O-])OCC[N+](C)(C)C)NC(=O)CCCCCCCCCCCCCCCCCCC/C=C\CCCCCCCCCCCCCC. The van der Waals surface area contributed by atoms with Crippen molar-refractivity contribution in [1.82, 2.24) is 5.32 Å². The number of nitrogens with one attached hydrogen (secondary N) is 1. The Hall–Kier alpha value is -1.28. The summed E-state index contributed by atoms with van der Waals surface area (Å²) in [4.78, 5) is 25.4. The molecule has 0 aromatic rings. The molecule has 3 atom stereocenters. The molecule has 0 saturated heterocycles. The lowest BCUT2D eigenvalue weighted by Crippen LogP contribution is -2.45. The predicted octanol–water partition coefficient (Wildman–Crippen LogP) is 17.1. The number of rotatable bonds is 54. The van der Waals surface area contributed by atoms with Crippen molar-refractivity contribution in [2.75, 3.05) is 40.9 Å². The number of quaternary nitrogens is 1. The molecule has 0 aliphatic heterocycles. The molecule has 0 aliphatic carbocycles. The summed E-state index contributed by atoms with van der Waals surface area (Å²) in [6, 6.07) is -0.901. The topological polar surface area (TPSA) is 108 Å². The van der Waals surface area contributed by atoms with Crippen molar-refractivity contribution in [3.63, 3.8) is 0 Å². The lowest BCUT2D eigenvalue weighted by atomic mass is 10.0. The minimum absolute atomic E-state index is 0.00524. The number of unbranched alkanes of at least 4 members (excludes halogenated alkanes) is 37. The van der Waals surface area contributed by atoms with Gasteiger partial charge in [0.1, 0.15) is 13.2 Å². The van der Waals surface area contributed by atoms with Crippen LogP contribution in [0.15, 0.2) is 36.5 Å². The number of amides is 1. The zero-order valence-electron chi connectivity index (χ0n) is 45.8. The Morgan fingerprint density at radius 1 is 0.500 bits per heavy atom. The molecule has 0 spiro atoms. The van der Waals surface area contributed by atoms with Gasteiger partial charge in [-0.3, -0.25) is 9.36 Å². The van der Waals surface area contributed by atoms with Crippen LogP contribution >= 0.6 is 7.82 Å². The van der Waals surface area contributed by atoms with Crippen molar-refractivity contribution < 1.29 is 32.9 Å². The van der Waals surface area contributed by atoms with Gasteiger partial charge < -0.3 is 28.8 Å². The first-order valence-corrected chi connectivity index (χ1v) is 30.8. The van der Waals surface area contributed by atoms with Gasteiger partial charge in [-0.2, -0.15) is 0 Å². The predicted molar refractivity (Wildman–Crippen MR) is 293 cm³/mol. The summed E-state index contributed by atoms with van der Waals surface area (Å²) in [5.74, 6) is -0.204. The van der Waals surface area contributed by atoms with Crippen molar-refractivity contribution in [2.45, 2.75) is 296 Å². The first kappa shape index (κ1) is 66.7. The first-order valence-electron chi connectivity index (χ1n) is 29.4. The van der Waals surface area contributed by atoms with Crippen LogP contribution in [0.2, 0.25) is 0 Å². The van der Waals surface area contributed by atoms with Gasteiger partial charge >= 0.3 is 0 Å². The lowest BCUT2D eigenvalue weighted by molar-refractivity contribution is -0.870. The fourth-order valence-electron chi connectivity index (χ4n) is 8.70. The maximum atomic E-state index is 12.9. The van der Waals surface area contributed by atoms with E-state index in [4.69, 9.17) is 9.05 Å². The Labute approximate surface area is 423 Å². The van der Waals surface area contributed by atoms with E-state index in [1.165, 1.54) is 225 Å². The molecule has 402 valence electrons. The summed E-state index contributed by atoms with van der Waals surface area (Å²) in [7, 11) is 1.25. The van der Waals surface area contributed by atoms with Crippen LogP contribution in [0.3, 0.4) is 0 Å². The van der Waals surface area contributed by atoms with E-state index < -0.39 is 26.6 Å². The van der Waals surface area contributed by atoms with Gasteiger partial charge in [-0.1, -0.05) is 256 Å². The number of phosphoric ester groups is 1. The van der Waals surface area contributed by atoms with E-state index in [2.05, 4.69) is 43.5 Å². The third kappa shape index (κ3) is 52.5. The van der Waals surface area contributed by atoms with E-state index >= 15 is 0 Å². The van der Waals surface area contributed by atoms with E-state index in [1.54, 1.807) is 6.08 Å². The molecule has 3 unspecified atom stereocenters. The molecular formula is C59H115N2O6P. The van der Waals surface area contributed by atoms with Gasteiger partial charge in [-0.15, -0.1) is 0 Å². The summed E-state index contributed by atoms with van der Waals surface area (Å²) in [6.07, 6.45) is 65.3. The molecular weight excluding hydrogens is 864 g/mol. The molecule has 0 aliphatic rings. The Balaban J connectivity index is 4.00. The normalized spacial score (nSPS) is 14.2. The molecule has 0 saturated carbocycles. The Kier molecular flexibility index (Phi) is 49.7. The summed E-state index contributed by atoms with van der Waals surface area (Å²) < 4.78 is 23.3. The molecule has 0 aromatic heterocycles. The van der Waals surface area contributed by atoms with Crippen LogP contribution in [0.4, 0.5) is 0 Å². The number of aliphatic hydroxyl groups is 1. The number of carbonyl (C=O) groups excluding carboxylic acids is 1.